The number of alkyl halides is 3. The SMILES string of the molecule is Cc1cccc(CC(=O)Nc2cnn(-c3ccc(C(=O)Nc4cccc(C(N)=O)c4)cc3)c2)c1.O=C(O)C(F)(F)F. The molecule has 10 nitrogen and oxygen atoms in total. The van der Waals surface area contributed by atoms with E-state index in [2.05, 4.69) is 15.7 Å². The normalized spacial score (nSPS) is 10.6. The largest absolute Gasteiger partial charge is 0.490 e. The summed E-state index contributed by atoms with van der Waals surface area (Å²) in [6.45, 7) is 1.99. The Morgan fingerprint density at radius 2 is 1.56 bits per heavy atom. The van der Waals surface area contributed by atoms with Gasteiger partial charge in [0.05, 0.1) is 30.2 Å². The topological polar surface area (TPSA) is 156 Å². The van der Waals surface area contributed by atoms with Crippen LogP contribution in [0.5, 0.6) is 0 Å². The fraction of sp³-hybridized carbons (Fsp3) is 0.107. The Kier molecular flexibility index (Phi) is 9.59. The zero-order valence-corrected chi connectivity index (χ0v) is 21.5. The summed E-state index contributed by atoms with van der Waals surface area (Å²) in [6.07, 6.45) is -1.53. The van der Waals surface area contributed by atoms with Crippen LogP contribution in [0, 0.1) is 6.92 Å². The number of halogens is 3. The molecule has 5 N–H and O–H groups in total. The van der Waals surface area contributed by atoms with Gasteiger partial charge < -0.3 is 21.5 Å². The van der Waals surface area contributed by atoms with E-state index in [0.717, 1.165) is 16.8 Å². The highest BCUT2D eigenvalue weighted by molar-refractivity contribution is 6.05. The van der Waals surface area contributed by atoms with E-state index < -0.39 is 18.1 Å². The van der Waals surface area contributed by atoms with Crippen molar-refractivity contribution in [1.29, 1.82) is 0 Å². The van der Waals surface area contributed by atoms with E-state index in [4.69, 9.17) is 15.6 Å². The summed E-state index contributed by atoms with van der Waals surface area (Å²) >= 11 is 0. The molecule has 3 aromatic carbocycles. The first kappa shape index (κ1) is 30.1. The molecule has 0 unspecified atom stereocenters. The molecule has 0 fully saturated rings. The van der Waals surface area contributed by atoms with Gasteiger partial charge in [-0.05, 0) is 55.0 Å². The highest BCUT2D eigenvalue weighted by atomic mass is 19.4. The first-order valence-electron chi connectivity index (χ1n) is 11.8. The number of nitrogens with one attached hydrogen (secondary N) is 2. The number of nitrogens with zero attached hydrogens (tertiary/aromatic N) is 2. The molecular formula is C28H24F3N5O5. The number of aliphatic carboxylic acids is 1. The standard InChI is InChI=1S/C26H23N5O3.C2HF3O2/c1-17-4-2-5-18(12-17)13-24(32)29-22-15-28-31(16-22)23-10-8-19(9-11-23)26(34)30-21-7-3-6-20(14-21)25(27)33;3-2(4,5)1(6)7/h2-12,14-16H,13H2,1H3,(H2,27,33)(H,29,32)(H,30,34);(H,6,7). The van der Waals surface area contributed by atoms with Crippen LogP contribution in [0.25, 0.3) is 5.69 Å². The molecular weight excluding hydrogens is 543 g/mol. The molecule has 41 heavy (non-hydrogen) atoms. The Morgan fingerprint density at radius 1 is 0.902 bits per heavy atom. The van der Waals surface area contributed by atoms with Crippen molar-refractivity contribution in [3.8, 4) is 5.69 Å². The lowest BCUT2D eigenvalue weighted by molar-refractivity contribution is -0.192. The number of hydrogen-bond acceptors (Lipinski definition) is 5. The zero-order valence-electron chi connectivity index (χ0n) is 21.5. The minimum Gasteiger partial charge on any atom is -0.475 e. The summed E-state index contributed by atoms with van der Waals surface area (Å²) in [6, 6.07) is 21.1. The summed E-state index contributed by atoms with van der Waals surface area (Å²) in [4.78, 5) is 45.1. The summed E-state index contributed by atoms with van der Waals surface area (Å²) in [5, 5.41) is 17.0. The minimum atomic E-state index is -5.08. The molecule has 13 heteroatoms. The van der Waals surface area contributed by atoms with Crippen molar-refractivity contribution in [2.75, 3.05) is 10.6 Å². The van der Waals surface area contributed by atoms with Gasteiger partial charge in [0.25, 0.3) is 5.91 Å². The number of carboxylic acid groups (broad SMARTS) is 1. The Bertz CT molecular complexity index is 1570. The maximum atomic E-state index is 12.5. The molecule has 0 aliphatic carbocycles. The van der Waals surface area contributed by atoms with E-state index in [1.54, 1.807) is 59.5 Å². The average Bonchev–Trinajstić information content (AvgIpc) is 3.37. The Balaban J connectivity index is 0.000000587. The Hall–Kier alpha value is -5.46. The van der Waals surface area contributed by atoms with Crippen LogP contribution < -0.4 is 16.4 Å². The summed E-state index contributed by atoms with van der Waals surface area (Å²) in [7, 11) is 0. The van der Waals surface area contributed by atoms with Crippen molar-refractivity contribution in [2.45, 2.75) is 19.5 Å². The van der Waals surface area contributed by atoms with E-state index >= 15 is 0 Å². The van der Waals surface area contributed by atoms with Crippen LogP contribution in [0.4, 0.5) is 24.5 Å². The average molecular weight is 568 g/mol. The maximum Gasteiger partial charge on any atom is 0.490 e. The third-order valence-corrected chi connectivity index (χ3v) is 5.36. The number of carboxylic acids is 1. The second-order valence-electron chi connectivity index (χ2n) is 8.64. The van der Waals surface area contributed by atoms with Crippen LogP contribution in [0.15, 0.2) is 85.2 Å². The monoisotopic (exact) mass is 567 g/mol. The van der Waals surface area contributed by atoms with Crippen molar-refractivity contribution in [3.63, 3.8) is 0 Å². The van der Waals surface area contributed by atoms with Gasteiger partial charge in [0.1, 0.15) is 0 Å². The zero-order chi connectivity index (χ0) is 30.2. The van der Waals surface area contributed by atoms with Crippen LogP contribution in [-0.4, -0.2) is 44.8 Å². The second-order valence-corrected chi connectivity index (χ2v) is 8.64. The third kappa shape index (κ3) is 9.06. The Morgan fingerprint density at radius 3 is 2.17 bits per heavy atom. The lowest BCUT2D eigenvalue weighted by Crippen LogP contribution is -2.21. The molecule has 0 aliphatic rings. The molecule has 1 aromatic heterocycles. The van der Waals surface area contributed by atoms with E-state index in [0.29, 0.717) is 22.5 Å². The minimum absolute atomic E-state index is 0.127. The first-order valence-corrected chi connectivity index (χ1v) is 11.8. The van der Waals surface area contributed by atoms with Gasteiger partial charge in [0.15, 0.2) is 0 Å². The van der Waals surface area contributed by atoms with Gasteiger partial charge in [-0.3, -0.25) is 14.4 Å². The predicted octanol–water partition coefficient (Wildman–Crippen LogP) is 4.35. The molecule has 0 atom stereocenters. The number of aryl methyl sites for hydroxylation is 1. The van der Waals surface area contributed by atoms with Crippen LogP contribution in [0.2, 0.25) is 0 Å². The third-order valence-electron chi connectivity index (χ3n) is 5.36. The molecule has 0 bridgehead atoms. The number of primary amides is 1. The molecule has 0 aliphatic heterocycles. The van der Waals surface area contributed by atoms with Gasteiger partial charge >= 0.3 is 12.1 Å². The van der Waals surface area contributed by atoms with Gasteiger partial charge in [-0.25, -0.2) is 9.48 Å². The van der Waals surface area contributed by atoms with Crippen LogP contribution in [0.1, 0.15) is 31.8 Å². The number of nitrogens with two attached hydrogens (primary N) is 1. The van der Waals surface area contributed by atoms with Gasteiger partial charge in [-0.15, -0.1) is 0 Å². The molecule has 0 radical (unpaired) electrons. The molecule has 1 heterocycles. The quantitative estimate of drug-likeness (QED) is 0.260. The number of anilines is 2. The van der Waals surface area contributed by atoms with E-state index in [1.807, 2.05) is 31.2 Å². The van der Waals surface area contributed by atoms with E-state index in [1.165, 1.54) is 6.07 Å². The lowest BCUT2D eigenvalue weighted by Gasteiger charge is -2.07. The molecule has 0 saturated carbocycles. The number of hydrogen-bond donors (Lipinski definition) is 4. The number of carbonyl (C=O) groups excluding carboxylic acids is 3. The van der Waals surface area contributed by atoms with Crippen molar-refractivity contribution in [2.24, 2.45) is 5.73 Å². The van der Waals surface area contributed by atoms with Crippen LogP contribution in [0.3, 0.4) is 0 Å². The Labute approximate surface area is 231 Å². The molecule has 4 rings (SSSR count). The highest BCUT2D eigenvalue weighted by Crippen LogP contribution is 2.16. The number of amides is 3. The van der Waals surface area contributed by atoms with E-state index in [-0.39, 0.29) is 18.2 Å². The number of benzene rings is 3. The molecule has 0 spiro atoms. The number of carbonyl (C=O) groups is 4. The summed E-state index contributed by atoms with van der Waals surface area (Å²) in [5.74, 6) is -3.77. The van der Waals surface area contributed by atoms with Gasteiger partial charge in [0.2, 0.25) is 11.8 Å². The van der Waals surface area contributed by atoms with Crippen molar-refractivity contribution >= 4 is 35.1 Å². The lowest BCUT2D eigenvalue weighted by atomic mass is 10.1. The van der Waals surface area contributed by atoms with Crippen LogP contribution in [-0.2, 0) is 16.0 Å². The fourth-order valence-electron chi connectivity index (χ4n) is 3.46. The number of aromatic nitrogens is 2. The van der Waals surface area contributed by atoms with Gasteiger partial charge in [-0.2, -0.15) is 18.3 Å². The summed E-state index contributed by atoms with van der Waals surface area (Å²) < 4.78 is 33.3. The van der Waals surface area contributed by atoms with E-state index in [9.17, 15) is 27.6 Å². The second kappa shape index (κ2) is 13.1. The molecule has 3 amide bonds. The fourth-order valence-corrected chi connectivity index (χ4v) is 3.46. The van der Waals surface area contributed by atoms with Crippen LogP contribution >= 0.6 is 0 Å². The summed E-state index contributed by atoms with van der Waals surface area (Å²) in [5.41, 5.74) is 9.86. The smallest absolute Gasteiger partial charge is 0.475 e. The van der Waals surface area contributed by atoms with Gasteiger partial charge in [0, 0.05) is 16.8 Å². The molecule has 212 valence electrons. The van der Waals surface area contributed by atoms with Crippen molar-refractivity contribution in [1.82, 2.24) is 9.78 Å². The van der Waals surface area contributed by atoms with Gasteiger partial charge in [-0.1, -0.05) is 35.9 Å². The maximum absolute atomic E-state index is 12.5. The van der Waals surface area contributed by atoms with Crippen molar-refractivity contribution < 1.29 is 37.5 Å². The first-order chi connectivity index (χ1) is 19.3. The molecule has 0 saturated heterocycles. The molecule has 4 aromatic rings. The highest BCUT2D eigenvalue weighted by Gasteiger charge is 2.38. The van der Waals surface area contributed by atoms with Crippen molar-refractivity contribution in [3.05, 3.63) is 107 Å². The number of rotatable bonds is 7. The predicted molar refractivity (Wildman–Crippen MR) is 144 cm³/mol.